The summed E-state index contributed by atoms with van der Waals surface area (Å²) in [6, 6.07) is 0. The van der Waals surface area contributed by atoms with Gasteiger partial charge in [0.1, 0.15) is 0 Å². The molecular weight excluding hydrogens is 156 g/mol. The van der Waals surface area contributed by atoms with Crippen LogP contribution >= 0.6 is 0 Å². The molecule has 0 aliphatic carbocycles. The average Bonchev–Trinajstić information content (AvgIpc) is 2.65. The van der Waals surface area contributed by atoms with E-state index < -0.39 is 5.79 Å². The minimum atomic E-state index is -0.678. The predicted octanol–water partition coefficient (Wildman–Crippen LogP) is 1.28. The molecule has 2 unspecified atom stereocenters. The van der Waals surface area contributed by atoms with Crippen molar-refractivity contribution in [3.63, 3.8) is 0 Å². The first kappa shape index (κ1) is 9.42. The van der Waals surface area contributed by atoms with E-state index in [1.807, 2.05) is 6.92 Å². The molecule has 1 rings (SSSR count). The van der Waals surface area contributed by atoms with Crippen LogP contribution < -0.4 is 0 Å². The average molecular weight is 170 g/mol. The summed E-state index contributed by atoms with van der Waals surface area (Å²) in [6.07, 6.45) is 1.90. The van der Waals surface area contributed by atoms with E-state index in [4.69, 9.17) is 9.47 Å². The lowest BCUT2D eigenvalue weighted by Gasteiger charge is -2.08. The van der Waals surface area contributed by atoms with Crippen LogP contribution in [-0.4, -0.2) is 24.3 Å². The monoisotopic (exact) mass is 170 g/mol. The zero-order valence-electron chi connectivity index (χ0n) is 7.50. The molecule has 0 aromatic heterocycles. The number of carbonyl (C=O) groups is 1. The summed E-state index contributed by atoms with van der Waals surface area (Å²) in [5.41, 5.74) is 0. The lowest BCUT2D eigenvalue weighted by Crippen LogP contribution is -2.22. The molecule has 0 saturated carbocycles. The van der Waals surface area contributed by atoms with Gasteiger partial charge in [0.2, 0.25) is 5.79 Å². The normalized spacial score (nSPS) is 33.0. The molecule has 12 heavy (non-hydrogen) atoms. The van der Waals surface area contributed by atoms with Crippen molar-refractivity contribution in [2.45, 2.75) is 32.2 Å². The zero-order valence-corrected chi connectivity index (χ0v) is 7.50. The first-order chi connectivity index (χ1) is 5.66. The minimum absolute atomic E-state index is 0.0188. The molecule has 0 bridgehead atoms. The van der Waals surface area contributed by atoms with Gasteiger partial charge in [0, 0.05) is 13.0 Å². The second kappa shape index (κ2) is 3.37. The van der Waals surface area contributed by atoms with Gasteiger partial charge in [-0.25, -0.2) is 0 Å². The Bertz CT molecular complexity index is 200. The molecule has 0 radical (unpaired) electrons. The van der Waals surface area contributed by atoms with Gasteiger partial charge in [0.05, 0.1) is 0 Å². The van der Waals surface area contributed by atoms with Crippen molar-refractivity contribution in [1.82, 2.24) is 0 Å². The standard InChI is InChI=1S/C9H14O3/c1-4-6-9(11-5-2)8(12-9)7(3)10/h4,8H,1,5-6H2,2-3H3. The van der Waals surface area contributed by atoms with E-state index in [2.05, 4.69) is 6.58 Å². The Hall–Kier alpha value is -0.670. The molecule has 3 nitrogen and oxygen atoms in total. The van der Waals surface area contributed by atoms with Crippen LogP contribution in [-0.2, 0) is 14.3 Å². The number of hydrogen-bond donors (Lipinski definition) is 0. The highest BCUT2D eigenvalue weighted by atomic mass is 16.8. The molecule has 0 spiro atoms. The third-order valence-corrected chi connectivity index (χ3v) is 1.85. The molecule has 1 saturated heterocycles. The van der Waals surface area contributed by atoms with Crippen LogP contribution in [0.25, 0.3) is 0 Å². The summed E-state index contributed by atoms with van der Waals surface area (Å²) < 4.78 is 10.5. The maximum atomic E-state index is 10.9. The summed E-state index contributed by atoms with van der Waals surface area (Å²) in [6.45, 7) is 7.53. The van der Waals surface area contributed by atoms with E-state index in [0.717, 1.165) is 0 Å². The third kappa shape index (κ3) is 1.57. The Labute approximate surface area is 72.4 Å². The van der Waals surface area contributed by atoms with Crippen LogP contribution in [0, 0.1) is 0 Å². The summed E-state index contributed by atoms with van der Waals surface area (Å²) in [7, 11) is 0. The van der Waals surface area contributed by atoms with E-state index >= 15 is 0 Å². The summed E-state index contributed by atoms with van der Waals surface area (Å²) in [5.74, 6) is -0.659. The molecule has 0 aromatic rings. The van der Waals surface area contributed by atoms with Gasteiger partial charge in [-0.1, -0.05) is 6.08 Å². The minimum Gasteiger partial charge on any atom is -0.347 e. The van der Waals surface area contributed by atoms with Gasteiger partial charge < -0.3 is 9.47 Å². The van der Waals surface area contributed by atoms with Crippen molar-refractivity contribution in [2.75, 3.05) is 6.61 Å². The van der Waals surface area contributed by atoms with Crippen molar-refractivity contribution < 1.29 is 14.3 Å². The Morgan fingerprint density at radius 3 is 2.83 bits per heavy atom. The fraction of sp³-hybridized carbons (Fsp3) is 0.667. The highest BCUT2D eigenvalue weighted by Crippen LogP contribution is 2.41. The lowest BCUT2D eigenvalue weighted by molar-refractivity contribution is -0.118. The van der Waals surface area contributed by atoms with Gasteiger partial charge in [0.15, 0.2) is 11.9 Å². The molecule has 0 amide bonds. The number of epoxide rings is 1. The van der Waals surface area contributed by atoms with Crippen molar-refractivity contribution in [3.05, 3.63) is 12.7 Å². The molecule has 68 valence electrons. The highest BCUT2D eigenvalue weighted by molar-refractivity contribution is 5.84. The van der Waals surface area contributed by atoms with E-state index in [0.29, 0.717) is 13.0 Å². The van der Waals surface area contributed by atoms with Gasteiger partial charge in [0.25, 0.3) is 0 Å². The van der Waals surface area contributed by atoms with Crippen LogP contribution in [0.4, 0.5) is 0 Å². The van der Waals surface area contributed by atoms with Gasteiger partial charge in [-0.2, -0.15) is 0 Å². The highest BCUT2D eigenvalue weighted by Gasteiger charge is 2.59. The molecule has 1 aliphatic rings. The van der Waals surface area contributed by atoms with E-state index in [9.17, 15) is 4.79 Å². The number of hydrogen-bond acceptors (Lipinski definition) is 3. The van der Waals surface area contributed by atoms with E-state index in [1.54, 1.807) is 6.08 Å². The van der Waals surface area contributed by atoms with Crippen molar-refractivity contribution in [1.29, 1.82) is 0 Å². The Kier molecular flexibility index (Phi) is 2.65. The number of rotatable bonds is 5. The van der Waals surface area contributed by atoms with Crippen molar-refractivity contribution in [3.8, 4) is 0 Å². The second-order valence-corrected chi connectivity index (χ2v) is 2.85. The largest absolute Gasteiger partial charge is 0.347 e. The Morgan fingerprint density at radius 2 is 2.50 bits per heavy atom. The fourth-order valence-electron chi connectivity index (χ4n) is 1.33. The van der Waals surface area contributed by atoms with Crippen LogP contribution in [0.3, 0.4) is 0 Å². The number of carbonyl (C=O) groups excluding carboxylic acids is 1. The molecule has 0 N–H and O–H groups in total. The van der Waals surface area contributed by atoms with Gasteiger partial charge in [-0.05, 0) is 13.8 Å². The number of ether oxygens (including phenoxy) is 2. The summed E-state index contributed by atoms with van der Waals surface area (Å²) in [5, 5.41) is 0. The van der Waals surface area contributed by atoms with Crippen molar-refractivity contribution >= 4 is 5.78 Å². The molecule has 2 atom stereocenters. The Morgan fingerprint density at radius 1 is 1.83 bits per heavy atom. The molecule has 3 heteroatoms. The lowest BCUT2D eigenvalue weighted by atomic mass is 10.1. The molecule has 1 heterocycles. The Balaban J connectivity index is 2.54. The topological polar surface area (TPSA) is 38.8 Å². The maximum absolute atomic E-state index is 10.9. The quantitative estimate of drug-likeness (QED) is 0.461. The van der Waals surface area contributed by atoms with Crippen LogP contribution in [0.2, 0.25) is 0 Å². The van der Waals surface area contributed by atoms with E-state index in [-0.39, 0.29) is 11.9 Å². The second-order valence-electron chi connectivity index (χ2n) is 2.85. The SMILES string of the molecule is C=CCC1(OCC)OC1C(C)=O. The first-order valence-electron chi connectivity index (χ1n) is 4.09. The first-order valence-corrected chi connectivity index (χ1v) is 4.09. The number of Topliss-reactive ketones (excluding diaryl/α,β-unsaturated/α-hetero) is 1. The summed E-state index contributed by atoms with van der Waals surface area (Å²) in [4.78, 5) is 10.9. The van der Waals surface area contributed by atoms with Crippen LogP contribution in [0.1, 0.15) is 20.3 Å². The van der Waals surface area contributed by atoms with Crippen molar-refractivity contribution in [2.24, 2.45) is 0 Å². The zero-order chi connectivity index (χ0) is 9.19. The molecule has 1 aliphatic heterocycles. The van der Waals surface area contributed by atoms with Gasteiger partial charge in [-0.3, -0.25) is 4.79 Å². The summed E-state index contributed by atoms with van der Waals surface area (Å²) >= 11 is 0. The molecule has 1 fully saturated rings. The number of ketones is 1. The third-order valence-electron chi connectivity index (χ3n) is 1.85. The fourth-order valence-corrected chi connectivity index (χ4v) is 1.33. The van der Waals surface area contributed by atoms with Crippen LogP contribution in [0.15, 0.2) is 12.7 Å². The smallest absolute Gasteiger partial charge is 0.206 e. The maximum Gasteiger partial charge on any atom is 0.206 e. The molecule has 0 aromatic carbocycles. The van der Waals surface area contributed by atoms with E-state index in [1.165, 1.54) is 6.92 Å². The molecular formula is C9H14O3. The van der Waals surface area contributed by atoms with Gasteiger partial charge >= 0.3 is 0 Å². The predicted molar refractivity (Wildman–Crippen MR) is 44.7 cm³/mol. The van der Waals surface area contributed by atoms with Gasteiger partial charge in [-0.15, -0.1) is 6.58 Å². The van der Waals surface area contributed by atoms with Crippen LogP contribution in [0.5, 0.6) is 0 Å².